The van der Waals surface area contributed by atoms with E-state index >= 15 is 0 Å². The quantitative estimate of drug-likeness (QED) is 0.602. The molecular weight excluding hydrogens is 163 g/mol. The molecule has 2 N–H and O–H groups in total. The highest BCUT2D eigenvalue weighted by molar-refractivity contribution is 7.59. The van der Waals surface area contributed by atoms with Crippen molar-refractivity contribution in [3.8, 4) is 0 Å². The fourth-order valence-electron chi connectivity index (χ4n) is 0.275. The highest BCUT2D eigenvalue weighted by Gasteiger charge is 2.14. The molecule has 0 aliphatic carbocycles. The van der Waals surface area contributed by atoms with Crippen molar-refractivity contribution in [2.24, 2.45) is 0 Å². The molecule has 0 bridgehead atoms. The van der Waals surface area contributed by atoms with Gasteiger partial charge in [0.15, 0.2) is 0 Å². The van der Waals surface area contributed by atoms with Gasteiger partial charge in [-0.2, -0.15) is 13.5 Å². The molecule has 9 heavy (non-hydrogen) atoms. The summed E-state index contributed by atoms with van der Waals surface area (Å²) in [5.74, 6) is 0. The van der Waals surface area contributed by atoms with E-state index in [1.165, 1.54) is 0 Å². The lowest BCUT2D eigenvalue weighted by Crippen LogP contribution is -1.98. The summed E-state index contributed by atoms with van der Waals surface area (Å²) in [5.41, 5.74) is 0. The van der Waals surface area contributed by atoms with Gasteiger partial charge in [0.2, 0.25) is 0 Å². The maximum absolute atomic E-state index is 9.91. The van der Waals surface area contributed by atoms with Crippen LogP contribution in [-0.4, -0.2) is 15.9 Å². The SMILES string of the molecule is CC(C)OP(=O)(O)O.S. The smallest absolute Gasteiger partial charge is 0.303 e. The Labute approximate surface area is 60.9 Å². The molecule has 0 radical (unpaired) electrons. The first kappa shape index (κ1) is 12.2. The normalized spacial score (nSPS) is 11.2. The molecule has 0 atom stereocenters. The molecule has 0 saturated heterocycles. The van der Waals surface area contributed by atoms with Gasteiger partial charge in [-0.1, -0.05) is 0 Å². The van der Waals surface area contributed by atoms with Crippen LogP contribution in [0.1, 0.15) is 13.8 Å². The van der Waals surface area contributed by atoms with Crippen molar-refractivity contribution in [2.75, 3.05) is 0 Å². The first-order chi connectivity index (χ1) is 3.42. The lowest BCUT2D eigenvalue weighted by Gasteiger charge is -2.06. The second kappa shape index (κ2) is 4.30. The van der Waals surface area contributed by atoms with Crippen LogP contribution in [0.4, 0.5) is 0 Å². The van der Waals surface area contributed by atoms with Gasteiger partial charge in [-0.25, -0.2) is 4.57 Å². The number of rotatable bonds is 2. The molecule has 0 unspecified atom stereocenters. The van der Waals surface area contributed by atoms with Crippen LogP contribution < -0.4 is 0 Å². The number of phosphoric acid groups is 1. The minimum atomic E-state index is -4.22. The van der Waals surface area contributed by atoms with Crippen molar-refractivity contribution in [3.05, 3.63) is 0 Å². The summed E-state index contributed by atoms with van der Waals surface area (Å²) in [6, 6.07) is 0. The molecule has 0 spiro atoms. The van der Waals surface area contributed by atoms with Gasteiger partial charge in [0, 0.05) is 0 Å². The van der Waals surface area contributed by atoms with E-state index in [2.05, 4.69) is 4.52 Å². The summed E-state index contributed by atoms with van der Waals surface area (Å²) < 4.78 is 14.0. The van der Waals surface area contributed by atoms with Gasteiger partial charge >= 0.3 is 7.82 Å². The zero-order valence-electron chi connectivity index (χ0n) is 5.24. The maximum Gasteiger partial charge on any atom is 0.469 e. The van der Waals surface area contributed by atoms with E-state index in [0.29, 0.717) is 0 Å². The summed E-state index contributed by atoms with van der Waals surface area (Å²) in [5, 5.41) is 0. The molecular formula is C3H11O4PS. The summed E-state index contributed by atoms with van der Waals surface area (Å²) in [6.07, 6.45) is -0.421. The monoisotopic (exact) mass is 174 g/mol. The molecule has 0 aliphatic heterocycles. The van der Waals surface area contributed by atoms with Crippen LogP contribution in [0.15, 0.2) is 0 Å². The molecule has 58 valence electrons. The maximum atomic E-state index is 9.91. The molecule has 0 saturated carbocycles. The van der Waals surface area contributed by atoms with Crippen molar-refractivity contribution >= 4 is 21.3 Å². The average molecular weight is 174 g/mol. The van der Waals surface area contributed by atoms with E-state index < -0.39 is 13.9 Å². The highest BCUT2D eigenvalue weighted by atomic mass is 32.1. The average Bonchev–Trinajstić information content (AvgIpc) is 1.21. The zero-order chi connectivity index (χ0) is 6.78. The molecule has 6 heteroatoms. The minimum Gasteiger partial charge on any atom is -0.303 e. The molecule has 0 aromatic rings. The van der Waals surface area contributed by atoms with Crippen LogP contribution in [0, 0.1) is 0 Å². The van der Waals surface area contributed by atoms with Gasteiger partial charge in [0.1, 0.15) is 0 Å². The van der Waals surface area contributed by atoms with Crippen LogP contribution in [0.3, 0.4) is 0 Å². The fraction of sp³-hybridized carbons (Fsp3) is 1.00. The Balaban J connectivity index is 0. The van der Waals surface area contributed by atoms with Gasteiger partial charge in [0.25, 0.3) is 0 Å². The Morgan fingerprint density at radius 1 is 1.44 bits per heavy atom. The molecule has 0 heterocycles. The van der Waals surface area contributed by atoms with Crippen molar-refractivity contribution in [1.82, 2.24) is 0 Å². The van der Waals surface area contributed by atoms with Crippen molar-refractivity contribution in [1.29, 1.82) is 0 Å². The van der Waals surface area contributed by atoms with E-state index in [-0.39, 0.29) is 13.5 Å². The van der Waals surface area contributed by atoms with Crippen molar-refractivity contribution in [2.45, 2.75) is 20.0 Å². The fourth-order valence-corrected chi connectivity index (χ4v) is 0.824. The third-order valence-corrected chi connectivity index (χ3v) is 1.04. The van der Waals surface area contributed by atoms with Gasteiger partial charge < -0.3 is 9.79 Å². The van der Waals surface area contributed by atoms with E-state index in [0.717, 1.165) is 0 Å². The molecule has 0 aromatic carbocycles. The lowest BCUT2D eigenvalue weighted by molar-refractivity contribution is 0.156. The van der Waals surface area contributed by atoms with E-state index in [1.54, 1.807) is 13.8 Å². The number of phosphoric ester groups is 1. The first-order valence-corrected chi connectivity index (χ1v) is 3.69. The topological polar surface area (TPSA) is 66.8 Å². The second-order valence-corrected chi connectivity index (χ2v) is 2.84. The summed E-state index contributed by atoms with van der Waals surface area (Å²) in [7, 11) is -4.22. The largest absolute Gasteiger partial charge is 0.469 e. The second-order valence-electron chi connectivity index (χ2n) is 1.64. The summed E-state index contributed by atoms with van der Waals surface area (Å²) in [4.78, 5) is 16.2. The molecule has 0 fully saturated rings. The molecule has 0 aromatic heterocycles. The Bertz CT molecular complexity index is 108. The Morgan fingerprint density at radius 2 is 1.78 bits per heavy atom. The Hall–Kier alpha value is 0.460. The third kappa shape index (κ3) is 11.8. The summed E-state index contributed by atoms with van der Waals surface area (Å²) >= 11 is 0. The predicted molar refractivity (Wildman–Crippen MR) is 38.6 cm³/mol. The van der Waals surface area contributed by atoms with E-state index in [1.807, 2.05) is 0 Å². The first-order valence-electron chi connectivity index (χ1n) is 2.16. The van der Waals surface area contributed by atoms with Crippen LogP contribution in [-0.2, 0) is 9.09 Å². The number of hydrogen-bond acceptors (Lipinski definition) is 2. The van der Waals surface area contributed by atoms with E-state index in [9.17, 15) is 4.57 Å². The van der Waals surface area contributed by atoms with Crippen LogP contribution in [0.2, 0.25) is 0 Å². The van der Waals surface area contributed by atoms with E-state index in [4.69, 9.17) is 9.79 Å². The standard InChI is InChI=1S/C3H9O4P.H2S/c1-3(2)7-8(4,5)6;/h3H,1-2H3,(H2,4,5,6);1H2. The van der Waals surface area contributed by atoms with Crippen LogP contribution in [0.5, 0.6) is 0 Å². The summed E-state index contributed by atoms with van der Waals surface area (Å²) in [6.45, 7) is 3.11. The Kier molecular flexibility index (Phi) is 5.82. The molecule has 4 nitrogen and oxygen atoms in total. The number of hydrogen-bond donors (Lipinski definition) is 2. The lowest BCUT2D eigenvalue weighted by atomic mass is 10.5. The molecule has 0 aliphatic rings. The van der Waals surface area contributed by atoms with Gasteiger partial charge in [0.05, 0.1) is 6.10 Å². The van der Waals surface area contributed by atoms with Gasteiger partial charge in [-0.05, 0) is 13.8 Å². The van der Waals surface area contributed by atoms with Crippen molar-refractivity contribution < 1.29 is 18.9 Å². The van der Waals surface area contributed by atoms with Crippen molar-refractivity contribution in [3.63, 3.8) is 0 Å². The Morgan fingerprint density at radius 3 is 1.78 bits per heavy atom. The molecule has 0 rings (SSSR count). The third-order valence-electron chi connectivity index (χ3n) is 0.348. The molecule has 0 amide bonds. The van der Waals surface area contributed by atoms with Crippen LogP contribution in [0.25, 0.3) is 0 Å². The minimum absolute atomic E-state index is 0. The highest BCUT2D eigenvalue weighted by Crippen LogP contribution is 2.37. The van der Waals surface area contributed by atoms with Gasteiger partial charge in [-0.3, -0.25) is 4.52 Å². The predicted octanol–water partition coefficient (Wildman–Crippen LogP) is 0.617. The zero-order valence-corrected chi connectivity index (χ0v) is 7.13. The van der Waals surface area contributed by atoms with Crippen LogP contribution >= 0.6 is 21.3 Å². The van der Waals surface area contributed by atoms with Gasteiger partial charge in [-0.15, -0.1) is 0 Å².